The van der Waals surface area contributed by atoms with Crippen LogP contribution in [-0.4, -0.2) is 16.1 Å². The van der Waals surface area contributed by atoms with Crippen LogP contribution in [0.25, 0.3) is 0 Å². The van der Waals surface area contributed by atoms with Crippen LogP contribution in [-0.2, 0) is 6.18 Å². The topological polar surface area (TPSA) is 50.2 Å². The summed E-state index contributed by atoms with van der Waals surface area (Å²) in [7, 11) is 0. The molecule has 0 saturated carbocycles. The predicted molar refractivity (Wildman–Crippen MR) is 71.5 cm³/mol. The molecule has 0 aliphatic heterocycles. The Bertz CT molecular complexity index is 669. The van der Waals surface area contributed by atoms with Gasteiger partial charge in [-0.2, -0.15) is 13.2 Å². The quantitative estimate of drug-likeness (QED) is 0.920. The number of carboxylic acid groups (broad SMARTS) is 1. The molecule has 7 heteroatoms. The SMILES string of the molecule is Cc1ccc(Sc2ccc(C(F)(F)F)cn2)c(C(=O)O)c1. The van der Waals surface area contributed by atoms with E-state index in [9.17, 15) is 18.0 Å². The summed E-state index contributed by atoms with van der Waals surface area (Å²) < 4.78 is 37.3. The maximum Gasteiger partial charge on any atom is 0.417 e. The molecule has 0 unspecified atom stereocenters. The molecular formula is C14H10F3NO2S. The zero-order valence-electron chi connectivity index (χ0n) is 10.8. The third kappa shape index (κ3) is 3.75. The second kappa shape index (κ2) is 5.77. The van der Waals surface area contributed by atoms with Crippen molar-refractivity contribution >= 4 is 17.7 Å². The fourth-order valence-corrected chi connectivity index (χ4v) is 2.48. The molecule has 1 aromatic heterocycles. The Kier molecular flexibility index (Phi) is 4.22. The number of carbonyl (C=O) groups is 1. The molecule has 0 spiro atoms. The van der Waals surface area contributed by atoms with Crippen molar-refractivity contribution in [3.8, 4) is 0 Å². The van der Waals surface area contributed by atoms with Crippen LogP contribution in [0.2, 0.25) is 0 Å². The highest BCUT2D eigenvalue weighted by Gasteiger charge is 2.30. The Morgan fingerprint density at radius 1 is 1.24 bits per heavy atom. The molecule has 1 N–H and O–H groups in total. The zero-order valence-corrected chi connectivity index (χ0v) is 11.6. The highest BCUT2D eigenvalue weighted by atomic mass is 32.2. The first-order valence-corrected chi connectivity index (χ1v) is 6.64. The van der Waals surface area contributed by atoms with Gasteiger partial charge in [0.05, 0.1) is 11.1 Å². The minimum absolute atomic E-state index is 0.0988. The molecule has 0 amide bonds. The van der Waals surface area contributed by atoms with Crippen LogP contribution in [0.4, 0.5) is 13.2 Å². The number of aromatic carboxylic acids is 1. The number of hydrogen-bond donors (Lipinski definition) is 1. The lowest BCUT2D eigenvalue weighted by molar-refractivity contribution is -0.137. The molecule has 0 aliphatic rings. The van der Waals surface area contributed by atoms with Crippen molar-refractivity contribution in [2.24, 2.45) is 0 Å². The van der Waals surface area contributed by atoms with Crippen LogP contribution in [0, 0.1) is 6.92 Å². The van der Waals surface area contributed by atoms with E-state index in [1.165, 1.54) is 12.1 Å². The molecule has 0 radical (unpaired) electrons. The van der Waals surface area contributed by atoms with Crippen LogP contribution in [0.3, 0.4) is 0 Å². The molecule has 0 atom stereocenters. The number of hydrogen-bond acceptors (Lipinski definition) is 3. The Balaban J connectivity index is 2.28. The molecule has 3 nitrogen and oxygen atoms in total. The number of nitrogens with zero attached hydrogens (tertiary/aromatic N) is 1. The van der Waals surface area contributed by atoms with Crippen molar-refractivity contribution < 1.29 is 23.1 Å². The maximum absolute atomic E-state index is 12.4. The second-order valence-electron chi connectivity index (χ2n) is 4.29. The molecule has 0 bridgehead atoms. The van der Waals surface area contributed by atoms with Crippen LogP contribution in [0.15, 0.2) is 46.5 Å². The summed E-state index contributed by atoms with van der Waals surface area (Å²) in [6.07, 6.45) is -3.71. The molecule has 21 heavy (non-hydrogen) atoms. The van der Waals surface area contributed by atoms with E-state index in [-0.39, 0.29) is 5.56 Å². The molecule has 1 heterocycles. The Labute approximate surface area is 122 Å². The van der Waals surface area contributed by atoms with Crippen LogP contribution < -0.4 is 0 Å². The highest BCUT2D eigenvalue weighted by Crippen LogP contribution is 2.33. The third-order valence-corrected chi connectivity index (χ3v) is 3.67. The molecular weight excluding hydrogens is 303 g/mol. The number of rotatable bonds is 3. The van der Waals surface area contributed by atoms with E-state index in [1.807, 2.05) is 0 Å². The van der Waals surface area contributed by atoms with Crippen molar-refractivity contribution in [3.05, 3.63) is 53.2 Å². The van der Waals surface area contributed by atoms with Crippen molar-refractivity contribution in [1.29, 1.82) is 0 Å². The molecule has 0 fully saturated rings. The van der Waals surface area contributed by atoms with Gasteiger partial charge in [-0.1, -0.05) is 23.4 Å². The monoisotopic (exact) mass is 313 g/mol. The Morgan fingerprint density at radius 3 is 2.48 bits per heavy atom. The fraction of sp³-hybridized carbons (Fsp3) is 0.143. The number of pyridine rings is 1. The molecule has 0 aliphatic carbocycles. The first-order valence-electron chi connectivity index (χ1n) is 5.82. The number of aromatic nitrogens is 1. The number of alkyl halides is 3. The number of carboxylic acids is 1. The minimum Gasteiger partial charge on any atom is -0.478 e. The standard InChI is InChI=1S/C14H10F3NO2S/c1-8-2-4-11(10(6-8)13(19)20)21-12-5-3-9(7-18-12)14(15,16)17/h2-7H,1H3,(H,19,20). The number of halogens is 3. The fourth-order valence-electron chi connectivity index (χ4n) is 1.62. The lowest BCUT2D eigenvalue weighted by Gasteiger charge is -2.08. The van der Waals surface area contributed by atoms with Gasteiger partial charge in [-0.25, -0.2) is 9.78 Å². The average Bonchev–Trinajstić information content (AvgIpc) is 2.40. The molecule has 2 aromatic rings. The van der Waals surface area contributed by atoms with Gasteiger partial charge in [0.25, 0.3) is 0 Å². The van der Waals surface area contributed by atoms with Gasteiger partial charge in [0.1, 0.15) is 5.03 Å². The van der Waals surface area contributed by atoms with Crippen LogP contribution in [0.5, 0.6) is 0 Å². The molecule has 2 rings (SSSR count). The van der Waals surface area contributed by atoms with E-state index in [0.717, 1.165) is 29.6 Å². The van der Waals surface area contributed by atoms with Gasteiger partial charge < -0.3 is 5.11 Å². The average molecular weight is 313 g/mol. The van der Waals surface area contributed by atoms with E-state index < -0.39 is 17.7 Å². The largest absolute Gasteiger partial charge is 0.478 e. The number of benzene rings is 1. The van der Waals surface area contributed by atoms with Crippen molar-refractivity contribution in [2.75, 3.05) is 0 Å². The summed E-state index contributed by atoms with van der Waals surface area (Å²) in [6, 6.07) is 7.00. The molecule has 1 aromatic carbocycles. The summed E-state index contributed by atoms with van der Waals surface area (Å²) in [5.74, 6) is -1.09. The van der Waals surface area contributed by atoms with Crippen molar-refractivity contribution in [2.45, 2.75) is 23.0 Å². The van der Waals surface area contributed by atoms with E-state index in [1.54, 1.807) is 19.1 Å². The first kappa shape index (κ1) is 15.4. The number of aryl methyl sites for hydroxylation is 1. The highest BCUT2D eigenvalue weighted by molar-refractivity contribution is 7.99. The van der Waals surface area contributed by atoms with Gasteiger partial charge in [0.2, 0.25) is 0 Å². The summed E-state index contributed by atoms with van der Waals surface area (Å²) in [6.45, 7) is 1.76. The minimum atomic E-state index is -4.44. The van der Waals surface area contributed by atoms with Gasteiger partial charge in [-0.15, -0.1) is 0 Å². The maximum atomic E-state index is 12.4. The lowest BCUT2D eigenvalue weighted by Crippen LogP contribution is -2.05. The zero-order chi connectivity index (χ0) is 15.6. The van der Waals surface area contributed by atoms with E-state index in [0.29, 0.717) is 9.92 Å². The molecule has 0 saturated heterocycles. The van der Waals surface area contributed by atoms with E-state index in [2.05, 4.69) is 4.98 Å². The van der Waals surface area contributed by atoms with E-state index >= 15 is 0 Å². The summed E-state index contributed by atoms with van der Waals surface area (Å²) >= 11 is 1.01. The van der Waals surface area contributed by atoms with Crippen molar-refractivity contribution in [3.63, 3.8) is 0 Å². The Morgan fingerprint density at radius 2 is 1.95 bits per heavy atom. The van der Waals surface area contributed by atoms with E-state index in [4.69, 9.17) is 5.11 Å². The van der Waals surface area contributed by atoms with Gasteiger partial charge in [-0.05, 0) is 31.2 Å². The van der Waals surface area contributed by atoms with Gasteiger partial charge >= 0.3 is 12.1 Å². The predicted octanol–water partition coefficient (Wildman–Crippen LogP) is 4.26. The summed E-state index contributed by atoms with van der Waals surface area (Å²) in [5, 5.41) is 9.44. The second-order valence-corrected chi connectivity index (χ2v) is 5.35. The lowest BCUT2D eigenvalue weighted by atomic mass is 10.1. The van der Waals surface area contributed by atoms with Gasteiger partial charge in [-0.3, -0.25) is 0 Å². The normalized spacial score (nSPS) is 11.4. The first-order chi connectivity index (χ1) is 9.77. The third-order valence-electron chi connectivity index (χ3n) is 2.64. The smallest absolute Gasteiger partial charge is 0.417 e. The van der Waals surface area contributed by atoms with Gasteiger partial charge in [0, 0.05) is 11.1 Å². The molecule has 110 valence electrons. The summed E-state index contributed by atoms with van der Waals surface area (Å²) in [4.78, 5) is 15.3. The van der Waals surface area contributed by atoms with Gasteiger partial charge in [0.15, 0.2) is 0 Å². The Hall–Kier alpha value is -2.02. The summed E-state index contributed by atoms with van der Waals surface area (Å²) in [5.41, 5.74) is 0.0491. The van der Waals surface area contributed by atoms with Crippen LogP contribution >= 0.6 is 11.8 Å². The van der Waals surface area contributed by atoms with Crippen molar-refractivity contribution in [1.82, 2.24) is 4.98 Å². The van der Waals surface area contributed by atoms with Crippen LogP contribution in [0.1, 0.15) is 21.5 Å².